The van der Waals surface area contributed by atoms with E-state index in [0.29, 0.717) is 35.1 Å². The van der Waals surface area contributed by atoms with E-state index in [0.717, 1.165) is 29.5 Å². The van der Waals surface area contributed by atoms with E-state index < -0.39 is 0 Å². The summed E-state index contributed by atoms with van der Waals surface area (Å²) in [4.78, 5) is 30.2. The summed E-state index contributed by atoms with van der Waals surface area (Å²) >= 11 is 1.34. The minimum atomic E-state index is -0.384. The summed E-state index contributed by atoms with van der Waals surface area (Å²) in [5.74, 6) is 0.567. The number of aromatic nitrogens is 1. The molecule has 8 heteroatoms. The number of benzene rings is 2. The second kappa shape index (κ2) is 8.78. The van der Waals surface area contributed by atoms with Crippen molar-refractivity contribution in [3.05, 3.63) is 51.8 Å². The van der Waals surface area contributed by atoms with Gasteiger partial charge in [0.15, 0.2) is 16.3 Å². The highest BCUT2D eigenvalue weighted by Crippen LogP contribution is 2.35. The molecule has 5 rings (SSSR count). The first-order valence-electron chi connectivity index (χ1n) is 10.9. The van der Waals surface area contributed by atoms with Crippen LogP contribution < -0.4 is 14.3 Å². The Morgan fingerprint density at radius 3 is 2.59 bits per heavy atom. The van der Waals surface area contributed by atoms with E-state index in [-0.39, 0.29) is 25.0 Å². The molecule has 2 heterocycles. The highest BCUT2D eigenvalue weighted by molar-refractivity contribution is 7.16. The minimum absolute atomic E-state index is 0.0379. The molecular formula is C24H24N2O5S. The minimum Gasteiger partial charge on any atom is -0.486 e. The molecule has 166 valence electrons. The van der Waals surface area contributed by atoms with Crippen molar-refractivity contribution in [1.29, 1.82) is 0 Å². The SMILES string of the molecule is CCOC(=O)Cn1c(=NC(=O)c2ccc3c(c2)CCCC3)sc2cc3c(cc21)OCCO3. The molecule has 1 amide bonds. The number of aryl methyl sites for hydroxylation is 2. The van der Waals surface area contributed by atoms with Crippen LogP contribution in [0.3, 0.4) is 0 Å². The summed E-state index contributed by atoms with van der Waals surface area (Å²) in [5.41, 5.74) is 3.87. The van der Waals surface area contributed by atoms with Gasteiger partial charge in [-0.3, -0.25) is 9.59 Å². The van der Waals surface area contributed by atoms with Crippen LogP contribution in [0.1, 0.15) is 41.3 Å². The van der Waals surface area contributed by atoms with Crippen molar-refractivity contribution in [2.24, 2.45) is 4.99 Å². The molecule has 32 heavy (non-hydrogen) atoms. The van der Waals surface area contributed by atoms with Gasteiger partial charge in [-0.15, -0.1) is 0 Å². The molecule has 2 aliphatic rings. The molecule has 1 aromatic heterocycles. The summed E-state index contributed by atoms with van der Waals surface area (Å²) < 4.78 is 19.1. The molecule has 0 saturated carbocycles. The molecule has 0 saturated heterocycles. The number of carbonyl (C=O) groups is 2. The van der Waals surface area contributed by atoms with Gasteiger partial charge in [-0.05, 0) is 55.9 Å². The third kappa shape index (κ3) is 4.02. The first-order valence-corrected chi connectivity index (χ1v) is 11.7. The molecule has 2 aromatic carbocycles. The van der Waals surface area contributed by atoms with E-state index in [1.54, 1.807) is 11.5 Å². The molecule has 0 spiro atoms. The lowest BCUT2D eigenvalue weighted by atomic mass is 9.90. The van der Waals surface area contributed by atoms with Crippen molar-refractivity contribution < 1.29 is 23.8 Å². The fourth-order valence-corrected chi connectivity index (χ4v) is 5.24. The quantitative estimate of drug-likeness (QED) is 0.565. The normalized spacial score (nSPS) is 15.5. The maximum Gasteiger partial charge on any atom is 0.326 e. The van der Waals surface area contributed by atoms with Crippen LogP contribution in [0.25, 0.3) is 10.2 Å². The van der Waals surface area contributed by atoms with Crippen LogP contribution in [0.5, 0.6) is 11.5 Å². The fraction of sp³-hybridized carbons (Fsp3) is 0.375. The average Bonchev–Trinajstić information content (AvgIpc) is 3.12. The smallest absolute Gasteiger partial charge is 0.326 e. The number of esters is 1. The van der Waals surface area contributed by atoms with Crippen molar-refractivity contribution in [2.45, 2.75) is 39.2 Å². The Kier molecular flexibility index (Phi) is 5.70. The lowest BCUT2D eigenvalue weighted by molar-refractivity contribution is -0.143. The standard InChI is InChI=1S/C24H24N2O5S/c1-2-29-22(27)14-26-18-12-19-20(31-10-9-30-19)13-21(18)32-24(26)25-23(28)17-8-7-15-5-3-4-6-16(15)11-17/h7-8,11-13H,2-6,9-10,14H2,1H3. The van der Waals surface area contributed by atoms with Crippen molar-refractivity contribution in [1.82, 2.24) is 4.57 Å². The number of thiazole rings is 1. The predicted octanol–water partition coefficient (Wildman–Crippen LogP) is 3.66. The summed E-state index contributed by atoms with van der Waals surface area (Å²) in [6.45, 7) is 2.97. The summed E-state index contributed by atoms with van der Waals surface area (Å²) in [6, 6.07) is 9.56. The third-order valence-corrected chi connectivity index (χ3v) is 6.77. The Bertz CT molecular complexity index is 1270. The molecular weight excluding hydrogens is 428 g/mol. The molecule has 3 aromatic rings. The van der Waals surface area contributed by atoms with Crippen LogP contribution >= 0.6 is 11.3 Å². The van der Waals surface area contributed by atoms with Crippen molar-refractivity contribution in [3.8, 4) is 11.5 Å². The van der Waals surface area contributed by atoms with Crippen LogP contribution in [0.4, 0.5) is 0 Å². The van der Waals surface area contributed by atoms with E-state index in [1.165, 1.54) is 28.9 Å². The van der Waals surface area contributed by atoms with Crippen LogP contribution in [-0.4, -0.2) is 36.3 Å². The van der Waals surface area contributed by atoms with E-state index in [2.05, 4.69) is 4.99 Å². The fourth-order valence-electron chi connectivity index (χ4n) is 4.20. The average molecular weight is 453 g/mol. The van der Waals surface area contributed by atoms with Crippen LogP contribution in [-0.2, 0) is 28.9 Å². The Balaban J connectivity index is 1.59. The molecule has 0 unspecified atom stereocenters. The van der Waals surface area contributed by atoms with Gasteiger partial charge in [0, 0.05) is 17.7 Å². The van der Waals surface area contributed by atoms with Crippen LogP contribution in [0.2, 0.25) is 0 Å². The van der Waals surface area contributed by atoms with E-state index in [4.69, 9.17) is 14.2 Å². The van der Waals surface area contributed by atoms with Gasteiger partial charge in [-0.25, -0.2) is 0 Å². The number of rotatable bonds is 4. The summed E-state index contributed by atoms with van der Waals surface area (Å²) in [5, 5.41) is 0. The number of amides is 1. The lowest BCUT2D eigenvalue weighted by Crippen LogP contribution is -2.23. The predicted molar refractivity (Wildman–Crippen MR) is 120 cm³/mol. The number of hydrogen-bond acceptors (Lipinski definition) is 6. The van der Waals surface area contributed by atoms with Gasteiger partial charge >= 0.3 is 5.97 Å². The number of carbonyl (C=O) groups excluding carboxylic acids is 2. The first-order chi connectivity index (χ1) is 15.6. The molecule has 0 bridgehead atoms. The van der Waals surface area contributed by atoms with E-state index in [1.807, 2.05) is 30.3 Å². The van der Waals surface area contributed by atoms with Gasteiger partial charge < -0.3 is 18.8 Å². The van der Waals surface area contributed by atoms with E-state index >= 15 is 0 Å². The molecule has 0 atom stereocenters. The Morgan fingerprint density at radius 2 is 1.81 bits per heavy atom. The van der Waals surface area contributed by atoms with Crippen molar-refractivity contribution >= 4 is 33.4 Å². The first kappa shape index (κ1) is 20.8. The third-order valence-electron chi connectivity index (χ3n) is 5.73. The molecule has 0 radical (unpaired) electrons. The van der Waals surface area contributed by atoms with Gasteiger partial charge in [-0.1, -0.05) is 17.4 Å². The molecule has 1 aliphatic carbocycles. The van der Waals surface area contributed by atoms with Gasteiger partial charge in [-0.2, -0.15) is 4.99 Å². The van der Waals surface area contributed by atoms with Gasteiger partial charge in [0.1, 0.15) is 19.8 Å². The molecule has 7 nitrogen and oxygen atoms in total. The number of ether oxygens (including phenoxy) is 3. The Morgan fingerprint density at radius 1 is 1.06 bits per heavy atom. The maximum absolute atomic E-state index is 13.1. The second-order valence-corrected chi connectivity index (χ2v) is 8.86. The molecule has 0 fully saturated rings. The zero-order chi connectivity index (χ0) is 22.1. The van der Waals surface area contributed by atoms with Crippen LogP contribution in [0, 0.1) is 0 Å². The Hall–Kier alpha value is -3.13. The number of nitrogens with zero attached hydrogens (tertiary/aromatic N) is 2. The Labute approximate surface area is 189 Å². The highest BCUT2D eigenvalue weighted by atomic mass is 32.1. The zero-order valence-electron chi connectivity index (χ0n) is 17.9. The van der Waals surface area contributed by atoms with Gasteiger partial charge in [0.25, 0.3) is 5.91 Å². The van der Waals surface area contributed by atoms with Crippen molar-refractivity contribution in [3.63, 3.8) is 0 Å². The van der Waals surface area contributed by atoms with E-state index in [9.17, 15) is 9.59 Å². The maximum atomic E-state index is 13.1. The largest absolute Gasteiger partial charge is 0.486 e. The summed E-state index contributed by atoms with van der Waals surface area (Å²) in [7, 11) is 0. The monoisotopic (exact) mass is 452 g/mol. The molecule has 1 aliphatic heterocycles. The number of hydrogen-bond donors (Lipinski definition) is 0. The molecule has 0 N–H and O–H groups in total. The lowest BCUT2D eigenvalue weighted by Gasteiger charge is -2.18. The highest BCUT2D eigenvalue weighted by Gasteiger charge is 2.19. The second-order valence-electron chi connectivity index (χ2n) is 7.85. The van der Waals surface area contributed by atoms with Gasteiger partial charge in [0.2, 0.25) is 0 Å². The zero-order valence-corrected chi connectivity index (χ0v) is 18.7. The van der Waals surface area contributed by atoms with Gasteiger partial charge in [0.05, 0.1) is 16.8 Å². The summed E-state index contributed by atoms with van der Waals surface area (Å²) in [6.07, 6.45) is 4.39. The number of fused-ring (bicyclic) bond motifs is 3. The topological polar surface area (TPSA) is 79.1 Å². The van der Waals surface area contributed by atoms with Crippen LogP contribution in [0.15, 0.2) is 35.3 Å². The van der Waals surface area contributed by atoms with Crippen molar-refractivity contribution in [2.75, 3.05) is 19.8 Å².